The predicted molar refractivity (Wildman–Crippen MR) is 54.4 cm³/mol. The summed E-state index contributed by atoms with van der Waals surface area (Å²) in [4.78, 5) is 0.00793. The van der Waals surface area contributed by atoms with E-state index in [-0.39, 0.29) is 9.92 Å². The normalized spacial score (nSPS) is 11.6. The molecule has 0 spiro atoms. The maximum Gasteiger partial charge on any atom is 0.193 e. The van der Waals surface area contributed by atoms with Gasteiger partial charge in [-0.15, -0.1) is 11.6 Å². The highest BCUT2D eigenvalue weighted by Crippen LogP contribution is 2.26. The number of alkyl halides is 1. The molecule has 0 N–H and O–H groups in total. The second-order valence-corrected chi connectivity index (χ2v) is 5.68. The summed E-state index contributed by atoms with van der Waals surface area (Å²) in [6.07, 6.45) is 0. The fraction of sp³-hybridized carbons (Fsp3) is 0.143. The third-order valence-electron chi connectivity index (χ3n) is 1.37. The zero-order chi connectivity index (χ0) is 10.1. The number of sulfone groups is 1. The molecule has 6 heteroatoms. The van der Waals surface area contributed by atoms with Crippen molar-refractivity contribution in [1.29, 1.82) is 0 Å². The monoisotopic (exact) mass is 258 g/mol. The molecule has 1 aromatic carbocycles. The quantitative estimate of drug-likeness (QED) is 0.765. The van der Waals surface area contributed by atoms with E-state index in [1.54, 1.807) is 0 Å². The zero-order valence-corrected chi connectivity index (χ0v) is 9.38. The van der Waals surface area contributed by atoms with Gasteiger partial charge >= 0.3 is 0 Å². The van der Waals surface area contributed by atoms with Gasteiger partial charge < -0.3 is 0 Å². The smallest absolute Gasteiger partial charge is 0.193 e. The molecule has 0 bridgehead atoms. The largest absolute Gasteiger partial charge is 0.222 e. The highest BCUT2D eigenvalue weighted by Gasteiger charge is 2.16. The number of benzene rings is 1. The average Bonchev–Trinajstić information content (AvgIpc) is 2.03. The first-order chi connectivity index (χ1) is 5.97. The molecule has 0 amide bonds. The molecule has 1 aromatic rings. The first kappa shape index (κ1) is 11.1. The van der Waals surface area contributed by atoms with Gasteiger partial charge in [0.2, 0.25) is 0 Å². The van der Waals surface area contributed by atoms with Crippen LogP contribution in [0.2, 0.25) is 10.0 Å². The Balaban J connectivity index is 3.33. The van der Waals surface area contributed by atoms with E-state index in [1.165, 1.54) is 18.2 Å². The summed E-state index contributed by atoms with van der Waals surface area (Å²) in [6, 6.07) is 4.15. The Hall–Kier alpha value is 0.0400. The van der Waals surface area contributed by atoms with Crippen LogP contribution in [-0.2, 0) is 9.84 Å². The van der Waals surface area contributed by atoms with Gasteiger partial charge in [-0.2, -0.15) is 0 Å². The van der Waals surface area contributed by atoms with E-state index in [2.05, 4.69) is 0 Å². The van der Waals surface area contributed by atoms with Gasteiger partial charge in [-0.1, -0.05) is 23.2 Å². The third-order valence-corrected chi connectivity index (χ3v) is 4.21. The van der Waals surface area contributed by atoms with Crippen molar-refractivity contribution in [3.63, 3.8) is 0 Å². The molecule has 72 valence electrons. The Bertz CT molecular complexity index is 414. The highest BCUT2D eigenvalue weighted by atomic mass is 35.5. The lowest BCUT2D eigenvalue weighted by atomic mass is 10.4. The lowest BCUT2D eigenvalue weighted by Crippen LogP contribution is -2.02. The molecule has 0 fully saturated rings. The van der Waals surface area contributed by atoms with Crippen molar-refractivity contribution >= 4 is 44.6 Å². The average molecular weight is 260 g/mol. The van der Waals surface area contributed by atoms with Gasteiger partial charge in [0.15, 0.2) is 9.84 Å². The van der Waals surface area contributed by atoms with Gasteiger partial charge in [0, 0.05) is 5.02 Å². The minimum atomic E-state index is -3.47. The third kappa shape index (κ3) is 2.50. The summed E-state index contributed by atoms with van der Waals surface area (Å²) in [6.45, 7) is 0. The summed E-state index contributed by atoms with van der Waals surface area (Å²) < 4.78 is 22.5. The lowest BCUT2D eigenvalue weighted by Gasteiger charge is -2.02. The van der Waals surface area contributed by atoms with Gasteiger partial charge in [0.25, 0.3) is 0 Å². The van der Waals surface area contributed by atoms with Gasteiger partial charge in [0.05, 0.1) is 9.92 Å². The van der Waals surface area contributed by atoms with E-state index in [1.807, 2.05) is 0 Å². The van der Waals surface area contributed by atoms with Crippen molar-refractivity contribution < 1.29 is 8.42 Å². The molecule has 0 aliphatic rings. The Kier molecular flexibility index (Phi) is 3.46. The number of halogens is 3. The van der Waals surface area contributed by atoms with E-state index >= 15 is 0 Å². The van der Waals surface area contributed by atoms with Crippen LogP contribution in [0.3, 0.4) is 0 Å². The van der Waals surface area contributed by atoms with E-state index < -0.39 is 15.0 Å². The van der Waals surface area contributed by atoms with Crippen LogP contribution in [0.25, 0.3) is 0 Å². The van der Waals surface area contributed by atoms with Crippen molar-refractivity contribution in [3.05, 3.63) is 28.2 Å². The van der Waals surface area contributed by atoms with Gasteiger partial charge in [-0.25, -0.2) is 8.42 Å². The van der Waals surface area contributed by atoms with Crippen molar-refractivity contribution in [2.75, 3.05) is 5.21 Å². The van der Waals surface area contributed by atoms with Crippen LogP contribution in [0.5, 0.6) is 0 Å². The molecule has 0 aliphatic heterocycles. The predicted octanol–water partition coefficient (Wildman–Crippen LogP) is 2.96. The van der Waals surface area contributed by atoms with Gasteiger partial charge in [-0.05, 0) is 18.2 Å². The minimum Gasteiger partial charge on any atom is -0.222 e. The molecule has 0 atom stereocenters. The van der Waals surface area contributed by atoms with Crippen LogP contribution in [0.15, 0.2) is 23.1 Å². The second-order valence-electron chi connectivity index (χ2n) is 2.30. The molecule has 1 rings (SSSR count). The standard InChI is InChI=1S/C7H5Cl3O2S/c8-4-13(11,12)7-2-1-5(9)3-6(7)10/h1-3H,4H2. The molecule has 0 heterocycles. The SMILES string of the molecule is O=S(=O)(CCl)c1ccc(Cl)cc1Cl. The maximum atomic E-state index is 11.3. The van der Waals surface area contributed by atoms with E-state index in [0.717, 1.165) is 0 Å². The van der Waals surface area contributed by atoms with Gasteiger partial charge in [-0.3, -0.25) is 0 Å². The maximum absolute atomic E-state index is 11.3. The second kappa shape index (κ2) is 4.05. The molecular formula is C7H5Cl3O2S. The number of hydrogen-bond acceptors (Lipinski definition) is 2. The zero-order valence-electron chi connectivity index (χ0n) is 6.30. The van der Waals surface area contributed by atoms with Crippen LogP contribution in [0, 0.1) is 0 Å². The summed E-state index contributed by atoms with van der Waals surface area (Å²) in [7, 11) is -3.47. The summed E-state index contributed by atoms with van der Waals surface area (Å²) in [5.74, 6) is 0. The Labute approximate surface area is 91.3 Å². The Morgan fingerprint density at radius 1 is 1.23 bits per heavy atom. The van der Waals surface area contributed by atoms with Crippen LogP contribution in [0.4, 0.5) is 0 Å². The minimum absolute atomic E-state index is 0.00793. The highest BCUT2D eigenvalue weighted by molar-refractivity contribution is 7.92. The summed E-state index contributed by atoms with van der Waals surface area (Å²) >= 11 is 16.5. The molecule has 0 aromatic heterocycles. The van der Waals surface area contributed by atoms with Crippen molar-refractivity contribution in [2.24, 2.45) is 0 Å². The van der Waals surface area contributed by atoms with E-state index in [9.17, 15) is 8.42 Å². The van der Waals surface area contributed by atoms with E-state index in [4.69, 9.17) is 34.8 Å². The van der Waals surface area contributed by atoms with Crippen LogP contribution < -0.4 is 0 Å². The van der Waals surface area contributed by atoms with Crippen molar-refractivity contribution in [3.8, 4) is 0 Å². The topological polar surface area (TPSA) is 34.1 Å². The summed E-state index contributed by atoms with van der Waals surface area (Å²) in [5.41, 5.74) is 0. The molecule has 2 nitrogen and oxygen atoms in total. The number of rotatable bonds is 2. The number of hydrogen-bond donors (Lipinski definition) is 0. The lowest BCUT2D eigenvalue weighted by molar-refractivity contribution is 0.600. The van der Waals surface area contributed by atoms with Crippen LogP contribution in [0.1, 0.15) is 0 Å². The molecule has 0 radical (unpaired) electrons. The fourth-order valence-electron chi connectivity index (χ4n) is 0.786. The first-order valence-corrected chi connectivity index (χ1v) is 6.15. The molecule has 0 saturated carbocycles. The molecule has 0 unspecified atom stereocenters. The molecule has 0 saturated heterocycles. The molecular weight excluding hydrogens is 255 g/mol. The fourth-order valence-corrected chi connectivity index (χ4v) is 2.65. The van der Waals surface area contributed by atoms with Crippen molar-refractivity contribution in [1.82, 2.24) is 0 Å². The van der Waals surface area contributed by atoms with Gasteiger partial charge in [0.1, 0.15) is 5.21 Å². The molecule has 13 heavy (non-hydrogen) atoms. The molecule has 0 aliphatic carbocycles. The summed E-state index contributed by atoms with van der Waals surface area (Å²) in [5, 5.41) is -0.0133. The van der Waals surface area contributed by atoms with E-state index in [0.29, 0.717) is 5.02 Å². The first-order valence-electron chi connectivity index (χ1n) is 3.21. The Morgan fingerprint density at radius 2 is 1.85 bits per heavy atom. The van der Waals surface area contributed by atoms with Crippen LogP contribution >= 0.6 is 34.8 Å². The Morgan fingerprint density at radius 3 is 2.31 bits per heavy atom. The van der Waals surface area contributed by atoms with Crippen LogP contribution in [-0.4, -0.2) is 13.6 Å². The van der Waals surface area contributed by atoms with Crippen molar-refractivity contribution in [2.45, 2.75) is 4.90 Å².